The van der Waals surface area contributed by atoms with Crippen molar-refractivity contribution >= 4 is 7.95 Å². The maximum Gasteiger partial charge on any atom is 0.429 e. The molecule has 0 radical (unpaired) electrons. The van der Waals surface area contributed by atoms with E-state index >= 15 is 0 Å². The van der Waals surface area contributed by atoms with Crippen LogP contribution in [0.1, 0.15) is 12.0 Å². The third kappa shape index (κ3) is 3.61. The van der Waals surface area contributed by atoms with Gasteiger partial charge in [0.1, 0.15) is 0 Å². The zero-order valence-corrected chi connectivity index (χ0v) is 7.84. The smallest absolute Gasteiger partial charge is 0.122 e. The molecule has 0 aliphatic heterocycles. The fourth-order valence-corrected chi connectivity index (χ4v) is 1.55. The summed E-state index contributed by atoms with van der Waals surface area (Å²) in [5.74, 6) is 0. The van der Waals surface area contributed by atoms with Gasteiger partial charge in [-0.3, -0.25) is 0 Å². The zero-order valence-electron chi connectivity index (χ0n) is 6.94. The van der Waals surface area contributed by atoms with Gasteiger partial charge in [0, 0.05) is 0 Å². The van der Waals surface area contributed by atoms with Crippen LogP contribution in [0, 0.1) is 0 Å². The Morgan fingerprint density at radius 3 is 2.50 bits per heavy atom. The van der Waals surface area contributed by atoms with E-state index in [-0.39, 0.29) is 0 Å². The Morgan fingerprint density at radius 1 is 1.25 bits per heavy atom. The fraction of sp³-hybridized carbons (Fsp3) is 0.333. The maximum absolute atomic E-state index is 10.6. The number of nitrogens with two attached hydrogens (primary N) is 1. The highest BCUT2D eigenvalue weighted by Crippen LogP contribution is 2.11. The quantitative estimate of drug-likeness (QED) is 0.726. The topological polar surface area (TPSA) is 43.1 Å². The van der Waals surface area contributed by atoms with Gasteiger partial charge in [0.05, 0.1) is 0 Å². The van der Waals surface area contributed by atoms with Crippen LogP contribution in [0.25, 0.3) is 0 Å². The molecule has 2 N–H and O–H groups in total. The van der Waals surface area contributed by atoms with Gasteiger partial charge in [0.25, 0.3) is 0 Å². The van der Waals surface area contributed by atoms with Crippen molar-refractivity contribution in [2.75, 3.05) is 6.16 Å². The summed E-state index contributed by atoms with van der Waals surface area (Å²) in [5, 5.41) is 0. The first-order chi connectivity index (χ1) is 5.79. The predicted molar refractivity (Wildman–Crippen MR) is 51.4 cm³/mol. The van der Waals surface area contributed by atoms with Gasteiger partial charge in [-0.05, 0) is 18.4 Å². The largest absolute Gasteiger partial charge is 0.429 e. The lowest BCUT2D eigenvalue weighted by molar-refractivity contribution is 0.587. The summed E-state index contributed by atoms with van der Waals surface area (Å²) >= 11 is 0. The molecule has 1 unspecified atom stereocenters. The van der Waals surface area contributed by atoms with Gasteiger partial charge < -0.3 is 0 Å². The summed E-state index contributed by atoms with van der Waals surface area (Å²) < 4.78 is 10.6. The SMILES string of the molecule is N[P+](=O)CCCc1ccccc1. The van der Waals surface area contributed by atoms with Crippen LogP contribution in [0.3, 0.4) is 0 Å². The lowest BCUT2D eigenvalue weighted by Crippen LogP contribution is -1.90. The third-order valence-corrected chi connectivity index (χ3v) is 2.44. The first-order valence-corrected chi connectivity index (χ1v) is 5.54. The van der Waals surface area contributed by atoms with Crippen LogP contribution < -0.4 is 5.50 Å². The molecule has 0 spiro atoms. The van der Waals surface area contributed by atoms with Crippen LogP contribution in [0.4, 0.5) is 0 Å². The normalized spacial score (nSPS) is 11.2. The summed E-state index contributed by atoms with van der Waals surface area (Å²) in [6, 6.07) is 10.2. The van der Waals surface area contributed by atoms with Crippen molar-refractivity contribution < 1.29 is 4.57 Å². The van der Waals surface area contributed by atoms with Crippen molar-refractivity contribution in [3.05, 3.63) is 35.9 Å². The van der Waals surface area contributed by atoms with Crippen molar-refractivity contribution in [3.8, 4) is 0 Å². The van der Waals surface area contributed by atoms with Crippen LogP contribution in [-0.2, 0) is 11.0 Å². The average molecular weight is 182 g/mol. The maximum atomic E-state index is 10.6. The number of aryl methyl sites for hydroxylation is 1. The molecule has 3 heteroatoms. The minimum atomic E-state index is -1.45. The number of hydrogen-bond donors (Lipinski definition) is 1. The molecule has 0 aliphatic carbocycles. The first kappa shape index (κ1) is 9.37. The van der Waals surface area contributed by atoms with Crippen molar-refractivity contribution in [3.63, 3.8) is 0 Å². The Morgan fingerprint density at radius 2 is 1.92 bits per heavy atom. The average Bonchev–Trinajstić information content (AvgIpc) is 2.05. The van der Waals surface area contributed by atoms with Gasteiger partial charge >= 0.3 is 7.95 Å². The van der Waals surface area contributed by atoms with E-state index in [0.29, 0.717) is 6.16 Å². The molecular weight excluding hydrogens is 169 g/mol. The lowest BCUT2D eigenvalue weighted by Gasteiger charge is -1.94. The van der Waals surface area contributed by atoms with E-state index in [0.717, 1.165) is 12.8 Å². The molecule has 0 fully saturated rings. The molecule has 0 heterocycles. The molecule has 1 aromatic rings. The van der Waals surface area contributed by atoms with Crippen LogP contribution >= 0.6 is 7.95 Å². The molecule has 0 bridgehead atoms. The molecule has 1 atom stereocenters. The molecule has 2 nitrogen and oxygen atoms in total. The molecule has 0 aromatic heterocycles. The summed E-state index contributed by atoms with van der Waals surface area (Å²) in [4.78, 5) is 0. The van der Waals surface area contributed by atoms with Gasteiger partial charge in [-0.1, -0.05) is 34.9 Å². The molecule has 1 aromatic carbocycles. The van der Waals surface area contributed by atoms with Gasteiger partial charge in [-0.25, -0.2) is 0 Å². The lowest BCUT2D eigenvalue weighted by atomic mass is 10.1. The van der Waals surface area contributed by atoms with E-state index in [9.17, 15) is 4.57 Å². The van der Waals surface area contributed by atoms with Crippen LogP contribution in [0.2, 0.25) is 0 Å². The van der Waals surface area contributed by atoms with E-state index in [2.05, 4.69) is 12.1 Å². The monoisotopic (exact) mass is 182 g/mol. The highest BCUT2D eigenvalue weighted by molar-refractivity contribution is 7.41. The fourth-order valence-electron chi connectivity index (χ4n) is 1.08. The van der Waals surface area contributed by atoms with Gasteiger partial charge in [0.2, 0.25) is 0 Å². The first-order valence-electron chi connectivity index (χ1n) is 4.02. The molecule has 0 aliphatic rings. The number of benzene rings is 1. The Kier molecular flexibility index (Phi) is 3.92. The Hall–Kier alpha value is -0.720. The molecule has 1 rings (SSSR count). The summed E-state index contributed by atoms with van der Waals surface area (Å²) in [6.45, 7) is 0. The minimum Gasteiger partial charge on any atom is -0.122 e. The van der Waals surface area contributed by atoms with E-state index in [1.165, 1.54) is 5.56 Å². The van der Waals surface area contributed by atoms with Gasteiger partial charge in [0.15, 0.2) is 6.16 Å². The summed E-state index contributed by atoms with van der Waals surface area (Å²) in [7, 11) is -1.45. The minimum absolute atomic E-state index is 0.629. The van der Waals surface area contributed by atoms with Crippen molar-refractivity contribution in [2.45, 2.75) is 12.8 Å². The Bertz CT molecular complexity index is 248. The summed E-state index contributed by atoms with van der Waals surface area (Å²) in [5.41, 5.74) is 6.45. The zero-order chi connectivity index (χ0) is 8.81. The van der Waals surface area contributed by atoms with Crippen LogP contribution in [0.5, 0.6) is 0 Å². The molecule has 0 saturated carbocycles. The second-order valence-electron chi connectivity index (χ2n) is 2.73. The van der Waals surface area contributed by atoms with Gasteiger partial charge in [-0.15, -0.1) is 5.50 Å². The number of hydrogen-bond acceptors (Lipinski definition) is 1. The van der Waals surface area contributed by atoms with E-state index in [1.807, 2.05) is 18.2 Å². The van der Waals surface area contributed by atoms with Crippen molar-refractivity contribution in [1.82, 2.24) is 0 Å². The van der Waals surface area contributed by atoms with Crippen molar-refractivity contribution in [2.24, 2.45) is 5.50 Å². The van der Waals surface area contributed by atoms with Crippen LogP contribution in [-0.4, -0.2) is 6.16 Å². The highest BCUT2D eigenvalue weighted by Gasteiger charge is 2.05. The Labute approximate surface area is 73.6 Å². The molecule has 0 amide bonds. The second kappa shape index (κ2) is 5.02. The Balaban J connectivity index is 2.29. The van der Waals surface area contributed by atoms with E-state index in [4.69, 9.17) is 5.50 Å². The summed E-state index contributed by atoms with van der Waals surface area (Å²) in [6.07, 6.45) is 2.51. The number of rotatable bonds is 4. The second-order valence-corrected chi connectivity index (χ2v) is 4.01. The van der Waals surface area contributed by atoms with Crippen LogP contribution in [0.15, 0.2) is 30.3 Å². The standard InChI is InChI=1S/C9H13NOP/c10-12(11)8-4-7-9-5-2-1-3-6-9/h1-3,5-6H,4,7-8H2,(H2,10,11)/q+1. The van der Waals surface area contributed by atoms with Gasteiger partial charge in [-0.2, -0.15) is 0 Å². The van der Waals surface area contributed by atoms with Crippen molar-refractivity contribution in [1.29, 1.82) is 0 Å². The highest BCUT2D eigenvalue weighted by atomic mass is 31.1. The van der Waals surface area contributed by atoms with E-state index in [1.54, 1.807) is 0 Å². The molecular formula is C9H13NOP+. The molecule has 12 heavy (non-hydrogen) atoms. The van der Waals surface area contributed by atoms with E-state index < -0.39 is 7.95 Å². The predicted octanol–water partition coefficient (Wildman–Crippen LogP) is 2.32. The molecule has 64 valence electrons. The third-order valence-electron chi connectivity index (χ3n) is 1.69. The molecule has 0 saturated heterocycles.